The minimum atomic E-state index is -3.97. The first-order chi connectivity index (χ1) is 23.0. The molecule has 7 rings (SSSR count). The molecule has 3 aliphatic heterocycles. The molecule has 1 saturated heterocycles. The lowest BCUT2D eigenvalue weighted by Gasteiger charge is -2.50. The summed E-state index contributed by atoms with van der Waals surface area (Å²) in [5.41, 5.74) is 2.19. The number of rotatable bonds is 2. The normalized spacial score (nSPS) is 34.5. The van der Waals surface area contributed by atoms with Crippen molar-refractivity contribution in [2.75, 3.05) is 57.4 Å². The lowest BCUT2D eigenvalue weighted by Crippen LogP contribution is -2.57. The van der Waals surface area contributed by atoms with Crippen molar-refractivity contribution in [3.8, 4) is 5.75 Å². The number of aryl methyl sites for hydroxylation is 1. The number of benzene rings is 2. The van der Waals surface area contributed by atoms with Gasteiger partial charge in [-0.15, -0.1) is 0 Å². The third-order valence-electron chi connectivity index (χ3n) is 11.8. The van der Waals surface area contributed by atoms with Gasteiger partial charge < -0.3 is 19.5 Å². The van der Waals surface area contributed by atoms with Crippen molar-refractivity contribution in [2.45, 2.75) is 68.6 Å². The van der Waals surface area contributed by atoms with Gasteiger partial charge in [-0.3, -0.25) is 9.69 Å². The van der Waals surface area contributed by atoms with Crippen molar-refractivity contribution in [1.29, 1.82) is 0 Å². The molecule has 9 nitrogen and oxygen atoms in total. The van der Waals surface area contributed by atoms with E-state index in [1.165, 1.54) is 11.1 Å². The fourth-order valence-corrected chi connectivity index (χ4v) is 10.1. The van der Waals surface area contributed by atoms with E-state index in [1.54, 1.807) is 25.1 Å². The first-order valence-electron chi connectivity index (χ1n) is 17.5. The largest absolute Gasteiger partial charge is 0.490 e. The smallest absolute Gasteiger partial charge is 0.264 e. The number of carbonyl (C=O) groups is 1. The second-order valence-corrected chi connectivity index (χ2v) is 17.4. The summed E-state index contributed by atoms with van der Waals surface area (Å²) < 4.78 is 41.4. The molecule has 5 aliphatic rings. The van der Waals surface area contributed by atoms with Crippen LogP contribution in [0.15, 0.2) is 48.6 Å². The maximum absolute atomic E-state index is 13.5. The molecule has 2 bridgehead atoms. The number of nitrogens with zero attached hydrogens (tertiary/aromatic N) is 2. The number of anilines is 1. The Labute approximate surface area is 289 Å². The fraction of sp³-hybridized carbons (Fsp3) is 0.595. The van der Waals surface area contributed by atoms with Gasteiger partial charge >= 0.3 is 0 Å². The van der Waals surface area contributed by atoms with Gasteiger partial charge in [-0.1, -0.05) is 36.7 Å². The number of sulfonamides is 1. The number of carbonyl (C=O) groups excluding carboxylic acids is 1. The van der Waals surface area contributed by atoms with Gasteiger partial charge in [-0.25, -0.2) is 13.1 Å². The summed E-state index contributed by atoms with van der Waals surface area (Å²) >= 11 is 6.45. The van der Waals surface area contributed by atoms with Crippen LogP contribution in [0.25, 0.3) is 0 Å². The van der Waals surface area contributed by atoms with Gasteiger partial charge in [0.15, 0.2) is 0 Å². The summed E-state index contributed by atoms with van der Waals surface area (Å²) in [4.78, 5) is 18.2. The fourth-order valence-electron chi connectivity index (χ4n) is 8.66. The molecule has 2 aromatic rings. The molecule has 6 atom stereocenters. The van der Waals surface area contributed by atoms with Gasteiger partial charge in [0.25, 0.3) is 5.91 Å². The van der Waals surface area contributed by atoms with E-state index in [-0.39, 0.29) is 28.7 Å². The predicted molar refractivity (Wildman–Crippen MR) is 187 cm³/mol. The van der Waals surface area contributed by atoms with Crippen molar-refractivity contribution in [3.63, 3.8) is 0 Å². The minimum Gasteiger partial charge on any atom is -0.490 e. The van der Waals surface area contributed by atoms with Crippen LogP contribution in [-0.4, -0.2) is 87.7 Å². The molecule has 0 aromatic heterocycles. The van der Waals surface area contributed by atoms with Crippen LogP contribution < -0.4 is 14.4 Å². The van der Waals surface area contributed by atoms with Gasteiger partial charge in [0.2, 0.25) is 10.0 Å². The molecule has 2 N–H and O–H groups in total. The van der Waals surface area contributed by atoms with Crippen molar-refractivity contribution >= 4 is 33.2 Å². The number of fused-ring (bicyclic) bond motifs is 4. The number of β-amino-alcohol motifs (C(OH)–C–C–N with tert-alkyl or cyclic N) is 1. The quantitative estimate of drug-likeness (QED) is 0.425. The number of ether oxygens (including phenoxy) is 2. The van der Waals surface area contributed by atoms with Gasteiger partial charge in [-0.2, -0.15) is 0 Å². The highest BCUT2D eigenvalue weighted by molar-refractivity contribution is 7.90. The Kier molecular flexibility index (Phi) is 9.34. The van der Waals surface area contributed by atoms with Crippen LogP contribution in [0.4, 0.5) is 5.69 Å². The topological polar surface area (TPSA) is 108 Å². The van der Waals surface area contributed by atoms with Crippen LogP contribution in [0.5, 0.6) is 5.75 Å². The molecule has 260 valence electrons. The average molecular weight is 698 g/mol. The lowest BCUT2D eigenvalue weighted by atomic mass is 9.63. The molecule has 2 aromatic carbocycles. The summed E-state index contributed by atoms with van der Waals surface area (Å²) in [6, 6.07) is 11.4. The maximum Gasteiger partial charge on any atom is 0.264 e. The van der Waals surface area contributed by atoms with E-state index in [2.05, 4.69) is 26.7 Å². The van der Waals surface area contributed by atoms with E-state index in [9.17, 15) is 18.3 Å². The van der Waals surface area contributed by atoms with Gasteiger partial charge in [0.05, 0.1) is 36.4 Å². The van der Waals surface area contributed by atoms with Crippen LogP contribution >= 0.6 is 11.6 Å². The van der Waals surface area contributed by atoms with E-state index in [1.807, 2.05) is 25.1 Å². The van der Waals surface area contributed by atoms with E-state index in [0.717, 1.165) is 55.9 Å². The monoisotopic (exact) mass is 697 g/mol. The van der Waals surface area contributed by atoms with Crippen LogP contribution in [0, 0.1) is 17.8 Å². The number of nitrogens with one attached hydrogen (secondary N) is 1. The summed E-state index contributed by atoms with van der Waals surface area (Å²) in [7, 11) is -3.97. The van der Waals surface area contributed by atoms with Gasteiger partial charge in [-0.05, 0) is 105 Å². The zero-order chi connectivity index (χ0) is 33.7. The van der Waals surface area contributed by atoms with Crippen molar-refractivity contribution < 1.29 is 27.8 Å². The average Bonchev–Trinajstić information content (AvgIpc) is 3.19. The van der Waals surface area contributed by atoms with E-state index in [4.69, 9.17) is 21.1 Å². The van der Waals surface area contributed by atoms with Gasteiger partial charge in [0, 0.05) is 48.7 Å². The molecular formula is C37H48ClN3O6S. The number of amides is 1. The SMILES string of the molecule is C[C@@H]1[C@@H](C)C/C=C/[C@@](O)(CN2CCOCC2)[C@@H]2CC[C@H]2CN2C[C@@]3(CCCc4cc(Cl)ccc43)COc3ccc(cc32)C(=O)NS1(=O)=O. The Hall–Kier alpha value is -2.63. The summed E-state index contributed by atoms with van der Waals surface area (Å²) in [6.45, 7) is 8.69. The number of halogens is 1. The molecule has 2 aliphatic carbocycles. The molecule has 48 heavy (non-hydrogen) atoms. The molecule has 1 spiro atoms. The number of hydrogen-bond acceptors (Lipinski definition) is 8. The number of morpholine rings is 1. The standard InChI is InChI=1S/C37H48ClN3O6S/c1-25-5-3-14-37(43,23-40-15-17-46-18-16-40)32-10-7-29(32)21-41-22-36(13-4-6-27-19-30(38)9-11-31(27)36)24-47-34-12-8-28(20-33(34)41)35(42)39-48(44,45)26(25)2/h3,8-9,11-12,14,19-20,25-26,29,32,43H,4-7,10,13,15-18,21-24H2,1-2H3,(H,39,42)/b14-3+/t25-,26+,29-,32+,36-,37+/m0/s1. The number of aliphatic hydroxyl groups is 1. The Balaban J connectivity index is 1.30. The zero-order valence-corrected chi connectivity index (χ0v) is 29.6. The maximum atomic E-state index is 13.5. The second-order valence-electron chi connectivity index (χ2n) is 14.9. The Morgan fingerprint density at radius 3 is 2.69 bits per heavy atom. The molecule has 0 radical (unpaired) electrons. The van der Waals surface area contributed by atoms with Crippen LogP contribution in [-0.2, 0) is 26.6 Å². The predicted octanol–water partition coefficient (Wildman–Crippen LogP) is 4.95. The highest BCUT2D eigenvalue weighted by atomic mass is 35.5. The highest BCUT2D eigenvalue weighted by Gasteiger charge is 2.48. The van der Waals surface area contributed by atoms with Crippen molar-refractivity contribution in [1.82, 2.24) is 9.62 Å². The summed E-state index contributed by atoms with van der Waals surface area (Å²) in [6.07, 6.45) is 9.19. The highest BCUT2D eigenvalue weighted by Crippen LogP contribution is 2.48. The van der Waals surface area contributed by atoms with Crippen molar-refractivity contribution in [3.05, 3.63) is 70.3 Å². The summed E-state index contributed by atoms with van der Waals surface area (Å²) in [5, 5.41) is 12.4. The molecule has 0 unspecified atom stereocenters. The molecule has 11 heteroatoms. The molecule has 3 heterocycles. The van der Waals surface area contributed by atoms with Crippen LogP contribution in [0.3, 0.4) is 0 Å². The van der Waals surface area contributed by atoms with E-state index in [0.29, 0.717) is 51.6 Å². The molecule has 1 amide bonds. The Morgan fingerprint density at radius 2 is 1.92 bits per heavy atom. The van der Waals surface area contributed by atoms with Crippen LogP contribution in [0.1, 0.15) is 67.4 Å². The van der Waals surface area contributed by atoms with Gasteiger partial charge in [0.1, 0.15) is 5.75 Å². The first kappa shape index (κ1) is 33.8. The first-order valence-corrected chi connectivity index (χ1v) is 19.5. The molecular weight excluding hydrogens is 650 g/mol. The lowest BCUT2D eigenvalue weighted by molar-refractivity contribution is -0.0783. The van der Waals surface area contributed by atoms with E-state index < -0.39 is 26.8 Å². The number of allylic oxidation sites excluding steroid dienone is 1. The third kappa shape index (κ3) is 6.51. The van der Waals surface area contributed by atoms with Crippen LogP contribution in [0.2, 0.25) is 5.02 Å². The second kappa shape index (κ2) is 13.2. The number of hydrogen-bond donors (Lipinski definition) is 2. The third-order valence-corrected chi connectivity index (χ3v) is 14.0. The zero-order valence-electron chi connectivity index (χ0n) is 28.0. The van der Waals surface area contributed by atoms with E-state index >= 15 is 0 Å². The minimum absolute atomic E-state index is 0.0217. The molecule has 2 fully saturated rings. The molecule has 1 saturated carbocycles. The Bertz CT molecular complexity index is 1680. The Morgan fingerprint density at radius 1 is 1.10 bits per heavy atom. The summed E-state index contributed by atoms with van der Waals surface area (Å²) in [5.74, 6) is -0.00973. The van der Waals surface area contributed by atoms with Crippen molar-refractivity contribution in [2.24, 2.45) is 17.8 Å².